The highest BCUT2D eigenvalue weighted by molar-refractivity contribution is 6.13. The lowest BCUT2D eigenvalue weighted by Gasteiger charge is -2.31. The van der Waals surface area contributed by atoms with Gasteiger partial charge in [0.05, 0.1) is 11.0 Å². The fourth-order valence-electron chi connectivity index (χ4n) is 6.47. The molecule has 0 aliphatic heterocycles. The summed E-state index contributed by atoms with van der Waals surface area (Å²) in [5, 5.41) is 2.81. The Balaban J connectivity index is 2.00. The van der Waals surface area contributed by atoms with Gasteiger partial charge in [0.15, 0.2) is 0 Å². The van der Waals surface area contributed by atoms with Crippen LogP contribution in [0.2, 0.25) is 0 Å². The lowest BCUT2D eigenvalue weighted by molar-refractivity contribution is 0.535. The lowest BCUT2D eigenvalue weighted by Crippen LogP contribution is -2.22. The number of hydrogen-bond donors (Lipinski definition) is 0. The molecule has 1 heterocycles. The van der Waals surface area contributed by atoms with Crippen LogP contribution in [0.1, 0.15) is 116 Å². The molecule has 1 heteroatoms. The maximum absolute atomic E-state index is 2.56. The third-order valence-corrected chi connectivity index (χ3v) is 8.75. The van der Waals surface area contributed by atoms with Gasteiger partial charge >= 0.3 is 0 Å². The van der Waals surface area contributed by atoms with Gasteiger partial charge in [-0.05, 0) is 85.7 Å². The molecule has 42 heavy (non-hydrogen) atoms. The fraction of sp³-hybridized carbons (Fsp3) is 0.415. The van der Waals surface area contributed by atoms with Crippen LogP contribution in [0.4, 0.5) is 0 Å². The Morgan fingerprint density at radius 1 is 0.500 bits per heavy atom. The molecule has 0 atom stereocenters. The van der Waals surface area contributed by atoms with E-state index in [-0.39, 0.29) is 21.7 Å². The lowest BCUT2D eigenvalue weighted by atomic mass is 9.73. The molecule has 0 unspecified atom stereocenters. The molecule has 5 rings (SSSR count). The summed E-state index contributed by atoms with van der Waals surface area (Å²) >= 11 is 0. The van der Waals surface area contributed by atoms with Crippen LogP contribution >= 0.6 is 0 Å². The average molecular weight is 558 g/mol. The number of nitrogens with zero attached hydrogens (tertiary/aromatic N) is 1. The van der Waals surface area contributed by atoms with Crippen LogP contribution in [-0.2, 0) is 28.1 Å². The van der Waals surface area contributed by atoms with Crippen molar-refractivity contribution in [3.05, 3.63) is 112 Å². The molecule has 0 N–H and O–H groups in total. The molecule has 0 amide bonds. The van der Waals surface area contributed by atoms with Crippen LogP contribution < -0.4 is 0 Å². The van der Waals surface area contributed by atoms with Crippen LogP contribution in [0.25, 0.3) is 27.5 Å². The van der Waals surface area contributed by atoms with Crippen LogP contribution in [-0.4, -0.2) is 4.57 Å². The zero-order chi connectivity index (χ0) is 30.8. The minimum Gasteiger partial charge on any atom is -0.309 e. The maximum Gasteiger partial charge on any atom is 0.0544 e. The van der Waals surface area contributed by atoms with Crippen LogP contribution in [0, 0.1) is 0 Å². The van der Waals surface area contributed by atoms with Gasteiger partial charge in [-0.3, -0.25) is 0 Å². The van der Waals surface area contributed by atoms with E-state index in [0.29, 0.717) is 0 Å². The van der Waals surface area contributed by atoms with E-state index < -0.39 is 0 Å². The highest BCUT2D eigenvalue weighted by atomic mass is 15.0. The van der Waals surface area contributed by atoms with Crippen molar-refractivity contribution in [3.63, 3.8) is 0 Å². The molecule has 0 fully saturated rings. The van der Waals surface area contributed by atoms with Crippen molar-refractivity contribution >= 4 is 21.8 Å². The normalized spacial score (nSPS) is 13.3. The number of aromatic nitrogens is 1. The Bertz CT molecular complexity index is 1720. The standard InChI is InChI=1S/C41H51N/c1-38(2,3)29-24-30(39(4,5)6)26-31(25-29)42-33-20-16-19-28(23-27-17-14-13-15-18-27)35(33)36-34(42)22-21-32(40(7,8)9)37(36)41(10,11)12/h13-22,24-26H,23H2,1-12H3. The van der Waals surface area contributed by atoms with E-state index >= 15 is 0 Å². The summed E-state index contributed by atoms with van der Waals surface area (Å²) in [5.41, 5.74) is 12.4. The zero-order valence-electron chi connectivity index (χ0n) is 28.2. The van der Waals surface area contributed by atoms with Gasteiger partial charge in [-0.2, -0.15) is 0 Å². The number of rotatable bonds is 3. The van der Waals surface area contributed by atoms with Gasteiger partial charge in [-0.1, -0.05) is 138 Å². The molecule has 0 aliphatic rings. The first-order chi connectivity index (χ1) is 19.4. The summed E-state index contributed by atoms with van der Waals surface area (Å²) in [6.45, 7) is 28.2. The Labute approximate surface area is 255 Å². The molecule has 0 radical (unpaired) electrons. The highest BCUT2D eigenvalue weighted by Crippen LogP contribution is 2.45. The maximum atomic E-state index is 2.56. The Morgan fingerprint density at radius 2 is 1.07 bits per heavy atom. The van der Waals surface area contributed by atoms with E-state index in [0.717, 1.165) is 6.42 Å². The van der Waals surface area contributed by atoms with E-state index in [1.54, 1.807) is 0 Å². The van der Waals surface area contributed by atoms with Crippen LogP contribution in [0.5, 0.6) is 0 Å². The van der Waals surface area contributed by atoms with Crippen molar-refractivity contribution in [1.29, 1.82) is 0 Å². The molecule has 1 nitrogen and oxygen atoms in total. The third kappa shape index (κ3) is 5.56. The number of benzene rings is 4. The summed E-state index contributed by atoms with van der Waals surface area (Å²) in [4.78, 5) is 0. The largest absolute Gasteiger partial charge is 0.309 e. The van der Waals surface area contributed by atoms with E-state index in [1.165, 1.54) is 60.9 Å². The molecule has 0 aliphatic carbocycles. The van der Waals surface area contributed by atoms with Crippen molar-refractivity contribution in [1.82, 2.24) is 4.57 Å². The van der Waals surface area contributed by atoms with Gasteiger partial charge in [-0.25, -0.2) is 0 Å². The van der Waals surface area contributed by atoms with E-state index in [9.17, 15) is 0 Å². The topological polar surface area (TPSA) is 4.93 Å². The Morgan fingerprint density at radius 3 is 1.60 bits per heavy atom. The number of fused-ring (bicyclic) bond motifs is 3. The molecule has 0 spiro atoms. The first-order valence-electron chi connectivity index (χ1n) is 15.7. The molecule has 1 aromatic heterocycles. The molecular weight excluding hydrogens is 506 g/mol. The van der Waals surface area contributed by atoms with Crippen LogP contribution in [0.15, 0.2) is 78.9 Å². The average Bonchev–Trinajstić information content (AvgIpc) is 3.21. The van der Waals surface area contributed by atoms with E-state index in [2.05, 4.69) is 167 Å². The van der Waals surface area contributed by atoms with Crippen LogP contribution in [0.3, 0.4) is 0 Å². The van der Waals surface area contributed by atoms with Crippen molar-refractivity contribution in [3.8, 4) is 5.69 Å². The van der Waals surface area contributed by atoms with Crippen molar-refractivity contribution < 1.29 is 0 Å². The first-order valence-corrected chi connectivity index (χ1v) is 15.7. The molecule has 0 bridgehead atoms. The molecule has 0 saturated heterocycles. The van der Waals surface area contributed by atoms with Crippen molar-refractivity contribution in [2.45, 2.75) is 111 Å². The summed E-state index contributed by atoms with van der Waals surface area (Å²) < 4.78 is 2.56. The minimum atomic E-state index is -0.0229. The highest BCUT2D eigenvalue weighted by Gasteiger charge is 2.31. The van der Waals surface area contributed by atoms with Gasteiger partial charge in [0.1, 0.15) is 0 Å². The molecular formula is C41H51N. The predicted molar refractivity (Wildman–Crippen MR) is 185 cm³/mol. The Hall–Kier alpha value is -3.32. The van der Waals surface area contributed by atoms with E-state index in [1.807, 2.05) is 0 Å². The van der Waals surface area contributed by atoms with Gasteiger partial charge in [0.2, 0.25) is 0 Å². The Kier molecular flexibility index (Phi) is 7.28. The fourth-order valence-corrected chi connectivity index (χ4v) is 6.47. The zero-order valence-corrected chi connectivity index (χ0v) is 28.2. The summed E-state index contributed by atoms with van der Waals surface area (Å²) in [6.07, 6.45) is 0.913. The predicted octanol–water partition coefficient (Wildman–Crippen LogP) is 11.6. The SMILES string of the molecule is CC(C)(C)c1cc(-n2c3cccc(Cc4ccccc4)c3c3c(C(C)(C)C)c(C(C)(C)C)ccc32)cc(C(C)(C)C)c1. The number of hydrogen-bond acceptors (Lipinski definition) is 0. The third-order valence-electron chi connectivity index (χ3n) is 8.75. The molecule has 220 valence electrons. The van der Waals surface area contributed by atoms with Crippen molar-refractivity contribution in [2.24, 2.45) is 0 Å². The van der Waals surface area contributed by atoms with Gasteiger partial charge in [0.25, 0.3) is 0 Å². The summed E-state index contributed by atoms with van der Waals surface area (Å²) in [6, 6.07) is 30.0. The summed E-state index contributed by atoms with van der Waals surface area (Å²) in [7, 11) is 0. The smallest absolute Gasteiger partial charge is 0.0544 e. The second-order valence-electron chi connectivity index (χ2n) is 16.5. The minimum absolute atomic E-state index is 0.0229. The quantitative estimate of drug-likeness (QED) is 0.208. The van der Waals surface area contributed by atoms with Gasteiger partial charge in [-0.15, -0.1) is 0 Å². The molecule has 0 saturated carbocycles. The molecule has 5 aromatic rings. The van der Waals surface area contributed by atoms with E-state index in [4.69, 9.17) is 0 Å². The van der Waals surface area contributed by atoms with Gasteiger partial charge in [0, 0.05) is 16.5 Å². The summed E-state index contributed by atoms with van der Waals surface area (Å²) in [5.74, 6) is 0. The monoisotopic (exact) mass is 557 g/mol. The second-order valence-corrected chi connectivity index (χ2v) is 16.5. The molecule has 4 aromatic carbocycles. The van der Waals surface area contributed by atoms with Crippen molar-refractivity contribution in [2.75, 3.05) is 0 Å². The second kappa shape index (κ2) is 10.1. The first kappa shape index (κ1) is 30.1. The van der Waals surface area contributed by atoms with Gasteiger partial charge < -0.3 is 4.57 Å².